The van der Waals surface area contributed by atoms with Crippen LogP contribution in [0.1, 0.15) is 43.0 Å². The van der Waals surface area contributed by atoms with E-state index in [1.54, 1.807) is 0 Å². The minimum Gasteiger partial charge on any atom is -0.487 e. The molecule has 2 aromatic rings. The second kappa shape index (κ2) is 8.97. The van der Waals surface area contributed by atoms with Gasteiger partial charge in [0.2, 0.25) is 0 Å². The number of likely N-dealkylation sites (tertiary alicyclic amines) is 1. The van der Waals surface area contributed by atoms with Crippen molar-refractivity contribution in [2.75, 3.05) is 26.2 Å². The van der Waals surface area contributed by atoms with Gasteiger partial charge >= 0.3 is 5.97 Å². The number of halogens is 1. The van der Waals surface area contributed by atoms with Crippen molar-refractivity contribution in [3.63, 3.8) is 0 Å². The molecule has 1 aromatic carbocycles. The van der Waals surface area contributed by atoms with Gasteiger partial charge < -0.3 is 14.4 Å². The number of benzene rings is 1. The van der Waals surface area contributed by atoms with Crippen LogP contribution in [0.2, 0.25) is 5.02 Å². The third-order valence-electron chi connectivity index (χ3n) is 5.49. The molecule has 0 unspecified atom stereocenters. The number of esters is 1. The number of ether oxygens (including phenoxy) is 2. The minimum atomic E-state index is -0.126. The Kier molecular flexibility index (Phi) is 6.16. The van der Waals surface area contributed by atoms with Crippen molar-refractivity contribution >= 4 is 23.1 Å². The van der Waals surface area contributed by atoms with Gasteiger partial charge in [-0.2, -0.15) is 0 Å². The number of hydrogen-bond donors (Lipinski definition) is 0. The van der Waals surface area contributed by atoms with Gasteiger partial charge in [0.25, 0.3) is 0 Å². The summed E-state index contributed by atoms with van der Waals surface area (Å²) in [6.45, 7) is 5.30. The first-order chi connectivity index (χ1) is 14.2. The summed E-state index contributed by atoms with van der Waals surface area (Å²) < 4.78 is 11.1. The lowest BCUT2D eigenvalue weighted by Gasteiger charge is -2.29. The van der Waals surface area contributed by atoms with E-state index in [9.17, 15) is 4.79 Å². The van der Waals surface area contributed by atoms with Crippen molar-refractivity contribution in [3.05, 3.63) is 63.9 Å². The fraction of sp³-hybridized carbons (Fsp3) is 0.391. The molecule has 0 amide bonds. The predicted octanol–water partition coefficient (Wildman–Crippen LogP) is 4.48. The summed E-state index contributed by atoms with van der Waals surface area (Å²) in [4.78, 5) is 18.7. The van der Waals surface area contributed by atoms with E-state index in [1.807, 2.05) is 31.3 Å². The Bertz CT molecular complexity index is 931. The second-order valence-corrected chi connectivity index (χ2v) is 7.70. The third-order valence-corrected chi connectivity index (χ3v) is 5.78. The van der Waals surface area contributed by atoms with Crippen molar-refractivity contribution in [1.29, 1.82) is 0 Å². The standard InChI is InChI=1S/C23H25ClN2O3/c1-2-28-20(27)10-14-26-12-8-16(9-13-26)21-18-6-3-7-19(24)23(18)29-15-17-5-4-11-25-22(17)21/h3-7,11H,2,8-10,12-15H2,1H3. The molecule has 152 valence electrons. The molecule has 4 rings (SSSR count). The summed E-state index contributed by atoms with van der Waals surface area (Å²) in [5.41, 5.74) is 5.60. The molecule has 0 spiro atoms. The fourth-order valence-electron chi connectivity index (χ4n) is 4.05. The molecule has 1 aromatic heterocycles. The molecule has 2 aliphatic heterocycles. The van der Waals surface area contributed by atoms with Crippen LogP contribution in [0.4, 0.5) is 0 Å². The van der Waals surface area contributed by atoms with E-state index in [1.165, 1.54) is 5.57 Å². The monoisotopic (exact) mass is 412 g/mol. The molecule has 0 aliphatic carbocycles. The maximum Gasteiger partial charge on any atom is 0.307 e. The van der Waals surface area contributed by atoms with Crippen LogP contribution < -0.4 is 4.74 Å². The van der Waals surface area contributed by atoms with E-state index in [-0.39, 0.29) is 5.97 Å². The Morgan fingerprint density at radius 1 is 1.24 bits per heavy atom. The van der Waals surface area contributed by atoms with Gasteiger partial charge in [-0.1, -0.05) is 35.4 Å². The van der Waals surface area contributed by atoms with Gasteiger partial charge in [0, 0.05) is 42.5 Å². The van der Waals surface area contributed by atoms with E-state index < -0.39 is 0 Å². The molecule has 29 heavy (non-hydrogen) atoms. The average molecular weight is 413 g/mol. The quantitative estimate of drug-likeness (QED) is 0.693. The molecule has 0 radical (unpaired) electrons. The van der Waals surface area contributed by atoms with E-state index in [0.717, 1.165) is 60.6 Å². The first-order valence-corrected chi connectivity index (χ1v) is 10.5. The summed E-state index contributed by atoms with van der Waals surface area (Å²) in [5, 5.41) is 0.625. The number of fused-ring (bicyclic) bond motifs is 2. The molecule has 0 saturated carbocycles. The largest absolute Gasteiger partial charge is 0.487 e. The second-order valence-electron chi connectivity index (χ2n) is 7.29. The summed E-state index contributed by atoms with van der Waals surface area (Å²) in [6.07, 6.45) is 4.14. The van der Waals surface area contributed by atoms with Gasteiger partial charge in [-0.15, -0.1) is 0 Å². The maximum absolute atomic E-state index is 11.6. The number of rotatable bonds is 4. The summed E-state index contributed by atoms with van der Waals surface area (Å²) in [5.74, 6) is 0.610. The van der Waals surface area contributed by atoms with E-state index in [0.29, 0.717) is 24.7 Å². The number of para-hydroxylation sites is 1. The van der Waals surface area contributed by atoms with Crippen molar-refractivity contribution in [1.82, 2.24) is 9.88 Å². The van der Waals surface area contributed by atoms with E-state index >= 15 is 0 Å². The lowest BCUT2D eigenvalue weighted by Crippen LogP contribution is -2.33. The number of hydrogen-bond acceptors (Lipinski definition) is 5. The van der Waals surface area contributed by atoms with Crippen molar-refractivity contribution in [2.45, 2.75) is 32.8 Å². The number of pyridine rings is 1. The first-order valence-electron chi connectivity index (χ1n) is 10.1. The molecule has 0 N–H and O–H groups in total. The Hall–Kier alpha value is -2.37. The summed E-state index contributed by atoms with van der Waals surface area (Å²) >= 11 is 6.46. The number of aromatic nitrogens is 1. The maximum atomic E-state index is 11.6. The number of piperidine rings is 1. The zero-order chi connectivity index (χ0) is 20.2. The topological polar surface area (TPSA) is 51.7 Å². The van der Waals surface area contributed by atoms with Crippen molar-refractivity contribution < 1.29 is 14.3 Å². The first kappa shape index (κ1) is 19.9. The Labute approximate surface area is 176 Å². The van der Waals surface area contributed by atoms with Crippen LogP contribution in [0.25, 0.3) is 5.57 Å². The average Bonchev–Trinajstić information content (AvgIpc) is 2.91. The zero-order valence-electron chi connectivity index (χ0n) is 16.6. The van der Waals surface area contributed by atoms with Gasteiger partial charge in [-0.05, 0) is 31.9 Å². The molecule has 2 aliphatic rings. The Morgan fingerprint density at radius 2 is 2.07 bits per heavy atom. The molecule has 3 heterocycles. The highest BCUT2D eigenvalue weighted by Crippen LogP contribution is 2.42. The fourth-order valence-corrected chi connectivity index (χ4v) is 4.28. The summed E-state index contributed by atoms with van der Waals surface area (Å²) in [7, 11) is 0. The van der Waals surface area contributed by atoms with Gasteiger partial charge in [-0.25, -0.2) is 0 Å². The number of carbonyl (C=O) groups is 1. The molecule has 5 nitrogen and oxygen atoms in total. The Morgan fingerprint density at radius 3 is 2.86 bits per heavy atom. The SMILES string of the molecule is CCOC(=O)CCN1CCC(=C2c3cccc(Cl)c3OCc3cccnc32)CC1. The summed E-state index contributed by atoms with van der Waals surface area (Å²) in [6, 6.07) is 9.91. The molecule has 0 atom stereocenters. The van der Waals surface area contributed by atoms with Crippen molar-refractivity contribution in [3.8, 4) is 5.75 Å². The minimum absolute atomic E-state index is 0.126. The normalized spacial score (nSPS) is 16.5. The van der Waals surface area contributed by atoms with Gasteiger partial charge in [0.05, 0.1) is 23.7 Å². The van der Waals surface area contributed by atoms with Crippen LogP contribution in [0.3, 0.4) is 0 Å². The van der Waals surface area contributed by atoms with Crippen LogP contribution >= 0.6 is 11.6 Å². The van der Waals surface area contributed by atoms with Gasteiger partial charge in [-0.3, -0.25) is 9.78 Å². The van der Waals surface area contributed by atoms with Crippen LogP contribution in [0, 0.1) is 0 Å². The van der Waals surface area contributed by atoms with Gasteiger partial charge in [0.1, 0.15) is 12.4 Å². The van der Waals surface area contributed by atoms with Crippen LogP contribution in [0.5, 0.6) is 5.75 Å². The lowest BCUT2D eigenvalue weighted by atomic mass is 9.89. The molecule has 1 saturated heterocycles. The molecule has 6 heteroatoms. The number of carbonyl (C=O) groups excluding carboxylic acids is 1. The van der Waals surface area contributed by atoms with Crippen LogP contribution in [0.15, 0.2) is 42.1 Å². The smallest absolute Gasteiger partial charge is 0.307 e. The number of nitrogens with zero attached hydrogens (tertiary/aromatic N) is 2. The molecular weight excluding hydrogens is 388 g/mol. The third kappa shape index (κ3) is 4.31. The van der Waals surface area contributed by atoms with Crippen LogP contribution in [-0.2, 0) is 16.1 Å². The van der Waals surface area contributed by atoms with E-state index in [4.69, 9.17) is 26.1 Å². The van der Waals surface area contributed by atoms with E-state index in [2.05, 4.69) is 17.0 Å². The van der Waals surface area contributed by atoms with Crippen LogP contribution in [-0.4, -0.2) is 42.1 Å². The highest BCUT2D eigenvalue weighted by atomic mass is 35.5. The zero-order valence-corrected chi connectivity index (χ0v) is 17.4. The predicted molar refractivity (Wildman–Crippen MR) is 113 cm³/mol. The molecule has 1 fully saturated rings. The Balaban J connectivity index is 1.62. The highest BCUT2D eigenvalue weighted by Gasteiger charge is 2.26. The van der Waals surface area contributed by atoms with Crippen molar-refractivity contribution in [2.24, 2.45) is 0 Å². The molecule has 0 bridgehead atoms. The van der Waals surface area contributed by atoms with Gasteiger partial charge in [0.15, 0.2) is 0 Å². The lowest BCUT2D eigenvalue weighted by molar-refractivity contribution is -0.143. The molecular formula is C23H25ClN2O3. The highest BCUT2D eigenvalue weighted by molar-refractivity contribution is 6.32.